The van der Waals surface area contributed by atoms with E-state index >= 15 is 0 Å². The summed E-state index contributed by atoms with van der Waals surface area (Å²) in [6, 6.07) is 23.4. The lowest BCUT2D eigenvalue weighted by molar-refractivity contribution is 0.0954. The second kappa shape index (κ2) is 7.96. The summed E-state index contributed by atoms with van der Waals surface area (Å²) >= 11 is 0. The zero-order chi connectivity index (χ0) is 19.3. The molecule has 28 heavy (non-hydrogen) atoms. The first kappa shape index (κ1) is 17.8. The molecule has 4 rings (SSSR count). The van der Waals surface area contributed by atoms with Crippen molar-refractivity contribution in [1.29, 1.82) is 0 Å². The molecule has 0 saturated heterocycles. The largest absolute Gasteiger partial charge is 0.497 e. The van der Waals surface area contributed by atoms with Crippen LogP contribution in [0.2, 0.25) is 0 Å². The molecular formula is C23H21N3O2. The van der Waals surface area contributed by atoms with Crippen LogP contribution in [0.5, 0.6) is 5.75 Å². The van der Waals surface area contributed by atoms with Gasteiger partial charge in [0.05, 0.1) is 12.6 Å². The minimum atomic E-state index is -0.0731. The maximum Gasteiger partial charge on any atom is 0.251 e. The molecule has 0 spiro atoms. The summed E-state index contributed by atoms with van der Waals surface area (Å²) in [6.07, 6.45) is 0.811. The van der Waals surface area contributed by atoms with Gasteiger partial charge in [-0.25, -0.2) is 0 Å². The number of rotatable bonds is 6. The van der Waals surface area contributed by atoms with Crippen LogP contribution in [0.15, 0.2) is 72.8 Å². The second-order valence-electron chi connectivity index (χ2n) is 6.55. The normalized spacial score (nSPS) is 10.8. The zero-order valence-corrected chi connectivity index (χ0v) is 15.6. The van der Waals surface area contributed by atoms with Gasteiger partial charge in [-0.2, -0.15) is 5.10 Å². The molecular weight excluding hydrogens is 350 g/mol. The first-order valence-corrected chi connectivity index (χ1v) is 9.19. The van der Waals surface area contributed by atoms with E-state index in [9.17, 15) is 4.79 Å². The van der Waals surface area contributed by atoms with Crippen molar-refractivity contribution in [2.24, 2.45) is 0 Å². The van der Waals surface area contributed by atoms with Crippen molar-refractivity contribution in [2.45, 2.75) is 6.42 Å². The molecule has 0 bridgehead atoms. The number of nitrogens with one attached hydrogen (secondary N) is 2. The number of aromatic amines is 1. The highest BCUT2D eigenvalue weighted by Gasteiger charge is 2.11. The fourth-order valence-corrected chi connectivity index (χ4v) is 3.19. The van der Waals surface area contributed by atoms with Crippen LogP contribution in [0.3, 0.4) is 0 Å². The number of benzene rings is 3. The molecule has 1 heterocycles. The summed E-state index contributed by atoms with van der Waals surface area (Å²) in [6.45, 7) is 0.606. The molecule has 4 aromatic rings. The average molecular weight is 371 g/mol. The molecule has 5 heteroatoms. The Bertz CT molecular complexity index is 1090. The highest BCUT2D eigenvalue weighted by Crippen LogP contribution is 2.29. The van der Waals surface area contributed by atoms with Crippen molar-refractivity contribution in [3.63, 3.8) is 0 Å². The van der Waals surface area contributed by atoms with Gasteiger partial charge >= 0.3 is 0 Å². The Hall–Kier alpha value is -3.60. The average Bonchev–Trinajstić information content (AvgIpc) is 3.17. The van der Waals surface area contributed by atoms with Gasteiger partial charge in [-0.05, 0) is 42.3 Å². The van der Waals surface area contributed by atoms with E-state index in [1.807, 2.05) is 60.7 Å². The maximum absolute atomic E-state index is 12.4. The maximum atomic E-state index is 12.4. The second-order valence-corrected chi connectivity index (χ2v) is 6.55. The van der Waals surface area contributed by atoms with E-state index in [-0.39, 0.29) is 5.91 Å². The van der Waals surface area contributed by atoms with Crippen molar-refractivity contribution >= 4 is 16.8 Å². The summed E-state index contributed by atoms with van der Waals surface area (Å²) in [5.74, 6) is 0.709. The van der Waals surface area contributed by atoms with Crippen LogP contribution in [0.4, 0.5) is 0 Å². The van der Waals surface area contributed by atoms with Gasteiger partial charge in [0, 0.05) is 23.1 Å². The standard InChI is InChI=1S/C23H21N3O2/c1-28-19-11-12-21-20(15-19)22(26-25-21)17-7-9-18(10-8-17)23(27)24-14-13-16-5-3-2-4-6-16/h2-12,15H,13-14H2,1H3,(H,24,27)(H,25,26). The van der Waals surface area contributed by atoms with E-state index in [2.05, 4.69) is 27.6 Å². The minimum Gasteiger partial charge on any atom is -0.497 e. The molecule has 0 radical (unpaired) electrons. The topological polar surface area (TPSA) is 67.0 Å². The van der Waals surface area contributed by atoms with Crippen LogP contribution in [0.25, 0.3) is 22.2 Å². The van der Waals surface area contributed by atoms with Crippen molar-refractivity contribution in [1.82, 2.24) is 15.5 Å². The van der Waals surface area contributed by atoms with Crippen LogP contribution in [0, 0.1) is 0 Å². The number of carbonyl (C=O) groups excluding carboxylic acids is 1. The third-order valence-electron chi connectivity index (χ3n) is 4.73. The van der Waals surface area contributed by atoms with Gasteiger partial charge in [0.2, 0.25) is 0 Å². The first-order chi connectivity index (χ1) is 13.7. The molecule has 1 aromatic heterocycles. The lowest BCUT2D eigenvalue weighted by Gasteiger charge is -2.06. The number of nitrogens with zero attached hydrogens (tertiary/aromatic N) is 1. The number of ether oxygens (including phenoxy) is 1. The van der Waals surface area contributed by atoms with E-state index in [0.717, 1.165) is 34.3 Å². The Morgan fingerprint density at radius 2 is 1.82 bits per heavy atom. The lowest BCUT2D eigenvalue weighted by atomic mass is 10.1. The van der Waals surface area contributed by atoms with E-state index in [1.165, 1.54) is 5.56 Å². The number of aromatic nitrogens is 2. The molecule has 5 nitrogen and oxygen atoms in total. The molecule has 0 aliphatic rings. The number of hydrogen-bond donors (Lipinski definition) is 2. The number of carbonyl (C=O) groups is 1. The van der Waals surface area contributed by atoms with Crippen LogP contribution < -0.4 is 10.1 Å². The molecule has 140 valence electrons. The molecule has 0 unspecified atom stereocenters. The molecule has 0 saturated carbocycles. The smallest absolute Gasteiger partial charge is 0.251 e. The fraction of sp³-hybridized carbons (Fsp3) is 0.130. The predicted octanol–water partition coefficient (Wildman–Crippen LogP) is 4.21. The van der Waals surface area contributed by atoms with E-state index in [0.29, 0.717) is 12.1 Å². The third kappa shape index (κ3) is 3.74. The summed E-state index contributed by atoms with van der Waals surface area (Å²) < 4.78 is 5.31. The summed E-state index contributed by atoms with van der Waals surface area (Å²) in [5.41, 5.74) is 4.57. The predicted molar refractivity (Wildman–Crippen MR) is 111 cm³/mol. The lowest BCUT2D eigenvalue weighted by Crippen LogP contribution is -2.25. The Labute approximate surface area is 163 Å². The molecule has 0 aliphatic carbocycles. The third-order valence-corrected chi connectivity index (χ3v) is 4.73. The molecule has 0 fully saturated rings. The highest BCUT2D eigenvalue weighted by molar-refractivity contribution is 5.96. The van der Waals surface area contributed by atoms with E-state index < -0.39 is 0 Å². The number of H-pyrrole nitrogens is 1. The zero-order valence-electron chi connectivity index (χ0n) is 15.6. The Kier molecular flexibility index (Phi) is 5.06. The van der Waals surface area contributed by atoms with Crippen molar-refractivity contribution in [3.05, 3.63) is 83.9 Å². The van der Waals surface area contributed by atoms with Gasteiger partial charge < -0.3 is 10.1 Å². The first-order valence-electron chi connectivity index (χ1n) is 9.19. The summed E-state index contributed by atoms with van der Waals surface area (Å²) in [4.78, 5) is 12.4. The monoisotopic (exact) mass is 371 g/mol. The van der Waals surface area contributed by atoms with Gasteiger partial charge in [0.15, 0.2) is 0 Å². The fourth-order valence-electron chi connectivity index (χ4n) is 3.19. The van der Waals surface area contributed by atoms with Gasteiger partial charge in [-0.3, -0.25) is 9.89 Å². The van der Waals surface area contributed by atoms with Crippen molar-refractivity contribution in [2.75, 3.05) is 13.7 Å². The number of hydrogen-bond acceptors (Lipinski definition) is 3. The van der Waals surface area contributed by atoms with Gasteiger partial charge in [0.1, 0.15) is 11.4 Å². The summed E-state index contributed by atoms with van der Waals surface area (Å²) in [5, 5.41) is 11.4. The van der Waals surface area contributed by atoms with Gasteiger partial charge in [-0.1, -0.05) is 42.5 Å². The van der Waals surface area contributed by atoms with Gasteiger partial charge in [0.25, 0.3) is 5.91 Å². The number of amides is 1. The molecule has 2 N–H and O–H groups in total. The minimum absolute atomic E-state index is 0.0731. The SMILES string of the molecule is COc1ccc2[nH]nc(-c3ccc(C(=O)NCCc4ccccc4)cc3)c2c1. The molecule has 0 atom stereocenters. The Balaban J connectivity index is 1.46. The highest BCUT2D eigenvalue weighted by atomic mass is 16.5. The van der Waals surface area contributed by atoms with Crippen molar-refractivity contribution in [3.8, 4) is 17.0 Å². The number of methoxy groups -OCH3 is 1. The van der Waals surface area contributed by atoms with E-state index in [1.54, 1.807) is 7.11 Å². The summed E-state index contributed by atoms with van der Waals surface area (Å²) in [7, 11) is 1.64. The van der Waals surface area contributed by atoms with Gasteiger partial charge in [-0.15, -0.1) is 0 Å². The van der Waals surface area contributed by atoms with Crippen LogP contribution in [-0.2, 0) is 6.42 Å². The van der Waals surface area contributed by atoms with Crippen molar-refractivity contribution < 1.29 is 9.53 Å². The quantitative estimate of drug-likeness (QED) is 0.533. The Morgan fingerprint density at radius 1 is 1.04 bits per heavy atom. The van der Waals surface area contributed by atoms with E-state index in [4.69, 9.17) is 4.74 Å². The molecule has 3 aromatic carbocycles. The number of fused-ring (bicyclic) bond motifs is 1. The molecule has 0 aliphatic heterocycles. The van der Waals surface area contributed by atoms with Crippen LogP contribution >= 0.6 is 0 Å². The van der Waals surface area contributed by atoms with Crippen LogP contribution in [0.1, 0.15) is 15.9 Å². The Morgan fingerprint density at radius 3 is 2.57 bits per heavy atom. The van der Waals surface area contributed by atoms with Crippen LogP contribution in [-0.4, -0.2) is 29.8 Å². The molecule has 1 amide bonds.